The molecule has 1 saturated heterocycles. The maximum atomic E-state index is 13.1. The Hall–Kier alpha value is -2.36. The molecule has 1 aliphatic heterocycles. The first kappa shape index (κ1) is 22.3. The van der Waals surface area contributed by atoms with Gasteiger partial charge in [-0.3, -0.25) is 9.69 Å². The first-order valence-electron chi connectivity index (χ1n) is 9.79. The van der Waals surface area contributed by atoms with Crippen molar-refractivity contribution in [2.45, 2.75) is 18.7 Å². The maximum Gasteiger partial charge on any atom is 0.246 e. The van der Waals surface area contributed by atoms with Crippen molar-refractivity contribution in [2.24, 2.45) is 7.05 Å². The van der Waals surface area contributed by atoms with E-state index in [9.17, 15) is 13.2 Å². The second kappa shape index (κ2) is 8.79. The zero-order valence-electron chi connectivity index (χ0n) is 18.1. The molecule has 2 heterocycles. The fraction of sp³-hybridized carbons (Fsp3) is 0.476. The normalized spacial score (nSPS) is 15.9. The van der Waals surface area contributed by atoms with Crippen LogP contribution < -0.4 is 9.47 Å². The Morgan fingerprint density at radius 1 is 1.03 bits per heavy atom. The highest BCUT2D eigenvalue weighted by atomic mass is 32.2. The number of nitrogens with zero attached hydrogens (tertiary/aromatic N) is 3. The van der Waals surface area contributed by atoms with Gasteiger partial charge in [0, 0.05) is 56.2 Å². The molecule has 1 aliphatic rings. The van der Waals surface area contributed by atoms with E-state index in [1.54, 1.807) is 12.1 Å². The van der Waals surface area contributed by atoms with Crippen LogP contribution in [0.3, 0.4) is 0 Å². The minimum Gasteiger partial charge on any atom is -0.497 e. The number of Topliss-reactive ketones (excluding diaryl/α,β-unsaturated/α-hetero) is 1. The van der Waals surface area contributed by atoms with Gasteiger partial charge in [-0.25, -0.2) is 8.42 Å². The summed E-state index contributed by atoms with van der Waals surface area (Å²) in [7, 11) is 1.19. The number of hydrogen-bond acceptors (Lipinski definition) is 6. The minimum absolute atomic E-state index is 0.0596. The average molecular weight is 436 g/mol. The van der Waals surface area contributed by atoms with Gasteiger partial charge < -0.3 is 14.0 Å². The Balaban J connectivity index is 1.67. The number of benzene rings is 1. The topological polar surface area (TPSA) is 81.1 Å². The van der Waals surface area contributed by atoms with Crippen molar-refractivity contribution in [3.8, 4) is 11.5 Å². The number of aryl methyl sites for hydroxylation is 1. The molecule has 1 aromatic heterocycles. The molecule has 30 heavy (non-hydrogen) atoms. The van der Waals surface area contributed by atoms with Crippen molar-refractivity contribution in [1.29, 1.82) is 0 Å². The number of rotatable bonds is 7. The molecule has 0 unspecified atom stereocenters. The van der Waals surface area contributed by atoms with E-state index in [2.05, 4.69) is 0 Å². The Bertz CT molecular complexity index is 1040. The van der Waals surface area contributed by atoms with Gasteiger partial charge in [0.25, 0.3) is 0 Å². The molecule has 1 fully saturated rings. The molecule has 0 saturated carbocycles. The fourth-order valence-corrected chi connectivity index (χ4v) is 5.24. The van der Waals surface area contributed by atoms with Gasteiger partial charge >= 0.3 is 0 Å². The van der Waals surface area contributed by atoms with Crippen LogP contribution in [-0.2, 0) is 17.1 Å². The van der Waals surface area contributed by atoms with Crippen LogP contribution in [0.2, 0.25) is 0 Å². The summed E-state index contributed by atoms with van der Waals surface area (Å²) in [6.45, 7) is 5.82. The number of hydrogen-bond donors (Lipinski definition) is 0. The molecule has 9 heteroatoms. The van der Waals surface area contributed by atoms with E-state index in [4.69, 9.17) is 9.47 Å². The van der Waals surface area contributed by atoms with Crippen LogP contribution in [0, 0.1) is 13.8 Å². The summed E-state index contributed by atoms with van der Waals surface area (Å²) in [5, 5.41) is 0. The second-order valence-electron chi connectivity index (χ2n) is 7.46. The number of ether oxygens (including phenoxy) is 2. The predicted molar refractivity (Wildman–Crippen MR) is 114 cm³/mol. The molecule has 0 N–H and O–H groups in total. The highest BCUT2D eigenvalue weighted by molar-refractivity contribution is 7.89. The summed E-state index contributed by atoms with van der Waals surface area (Å²) in [6, 6.07) is 6.58. The second-order valence-corrected chi connectivity index (χ2v) is 9.37. The van der Waals surface area contributed by atoms with E-state index in [0.29, 0.717) is 31.9 Å². The molecule has 0 radical (unpaired) electrons. The lowest BCUT2D eigenvalue weighted by atomic mass is 10.1. The maximum absolute atomic E-state index is 13.1. The Labute approximate surface area is 178 Å². The summed E-state index contributed by atoms with van der Waals surface area (Å²) in [6.07, 6.45) is 0. The lowest BCUT2D eigenvalue weighted by molar-refractivity contribution is 0.0901. The van der Waals surface area contributed by atoms with Crippen molar-refractivity contribution < 1.29 is 22.7 Å². The zero-order valence-corrected chi connectivity index (χ0v) is 19.0. The van der Waals surface area contributed by atoms with Crippen molar-refractivity contribution in [3.05, 3.63) is 41.2 Å². The third-order valence-corrected chi connectivity index (χ3v) is 7.70. The summed E-state index contributed by atoms with van der Waals surface area (Å²) in [5.74, 6) is 0.840. The van der Waals surface area contributed by atoms with Crippen molar-refractivity contribution in [3.63, 3.8) is 0 Å². The molecule has 0 bridgehead atoms. The summed E-state index contributed by atoms with van der Waals surface area (Å²) in [5.41, 5.74) is 2.72. The Kier molecular flexibility index (Phi) is 6.54. The number of sulfonamides is 1. The van der Waals surface area contributed by atoms with E-state index in [-0.39, 0.29) is 23.0 Å². The number of carbonyl (C=O) groups excluding carboxylic acids is 1. The molecule has 0 atom stereocenters. The highest BCUT2D eigenvalue weighted by Crippen LogP contribution is 2.31. The first-order chi connectivity index (χ1) is 14.2. The average Bonchev–Trinajstić information content (AvgIpc) is 3.01. The van der Waals surface area contributed by atoms with Crippen LogP contribution in [0.5, 0.6) is 11.5 Å². The number of ketones is 1. The van der Waals surface area contributed by atoms with Crippen LogP contribution in [0.15, 0.2) is 29.2 Å². The number of carbonyl (C=O) groups is 1. The van der Waals surface area contributed by atoms with Crippen LogP contribution >= 0.6 is 0 Å². The van der Waals surface area contributed by atoms with Gasteiger partial charge in [-0.1, -0.05) is 0 Å². The monoisotopic (exact) mass is 435 g/mol. The van der Waals surface area contributed by atoms with E-state index in [1.165, 1.54) is 24.6 Å². The lowest BCUT2D eigenvalue weighted by Crippen LogP contribution is -2.49. The highest BCUT2D eigenvalue weighted by Gasteiger charge is 2.31. The van der Waals surface area contributed by atoms with Gasteiger partial charge in [-0.2, -0.15) is 4.31 Å². The van der Waals surface area contributed by atoms with Crippen LogP contribution in [-0.4, -0.2) is 74.9 Å². The molecule has 0 aliphatic carbocycles. The summed E-state index contributed by atoms with van der Waals surface area (Å²) < 4.78 is 40.1. The summed E-state index contributed by atoms with van der Waals surface area (Å²) in [4.78, 5) is 14.8. The van der Waals surface area contributed by atoms with Gasteiger partial charge in [0.2, 0.25) is 10.0 Å². The van der Waals surface area contributed by atoms with Gasteiger partial charge in [0.1, 0.15) is 16.4 Å². The third-order valence-electron chi connectivity index (χ3n) is 5.76. The first-order valence-corrected chi connectivity index (χ1v) is 11.2. The Morgan fingerprint density at radius 3 is 2.23 bits per heavy atom. The number of piperazine rings is 1. The van der Waals surface area contributed by atoms with E-state index < -0.39 is 10.0 Å². The molecular weight excluding hydrogens is 406 g/mol. The van der Waals surface area contributed by atoms with Gasteiger partial charge in [0.15, 0.2) is 5.78 Å². The van der Waals surface area contributed by atoms with Gasteiger partial charge in [-0.15, -0.1) is 0 Å². The predicted octanol–water partition coefficient (Wildman–Crippen LogP) is 1.85. The molecule has 8 nitrogen and oxygen atoms in total. The standard InChI is InChI=1S/C21H29N3O5S/c1-15-12-18(16(2)22(15)3)19(25)14-23-8-10-24(11-9-23)30(26,27)21-7-6-17(28-4)13-20(21)29-5/h6-7,12-13H,8-11,14H2,1-5H3. The van der Waals surface area contributed by atoms with Crippen molar-refractivity contribution >= 4 is 15.8 Å². The smallest absolute Gasteiger partial charge is 0.246 e. The quantitative estimate of drug-likeness (QED) is 0.618. The largest absolute Gasteiger partial charge is 0.497 e. The molecule has 0 spiro atoms. The number of aromatic nitrogens is 1. The third kappa shape index (κ3) is 4.23. The SMILES string of the molecule is COc1ccc(S(=O)(=O)N2CCN(CC(=O)c3cc(C)n(C)c3C)CC2)c(OC)c1. The minimum atomic E-state index is -3.70. The van der Waals surface area contributed by atoms with Gasteiger partial charge in [0.05, 0.1) is 20.8 Å². The molecule has 3 rings (SSSR count). The lowest BCUT2D eigenvalue weighted by Gasteiger charge is -2.33. The van der Waals surface area contributed by atoms with Gasteiger partial charge in [-0.05, 0) is 32.0 Å². The molecule has 1 aromatic carbocycles. The van der Waals surface area contributed by atoms with Crippen LogP contribution in [0.25, 0.3) is 0 Å². The Morgan fingerprint density at radius 2 is 1.70 bits per heavy atom. The van der Waals surface area contributed by atoms with E-state index in [1.807, 2.05) is 36.4 Å². The fourth-order valence-electron chi connectivity index (χ4n) is 3.68. The molecule has 0 amide bonds. The van der Waals surface area contributed by atoms with Crippen LogP contribution in [0.1, 0.15) is 21.7 Å². The molecule has 164 valence electrons. The van der Waals surface area contributed by atoms with Crippen molar-refractivity contribution in [1.82, 2.24) is 13.8 Å². The van der Waals surface area contributed by atoms with E-state index >= 15 is 0 Å². The van der Waals surface area contributed by atoms with Crippen molar-refractivity contribution in [2.75, 3.05) is 46.9 Å². The number of methoxy groups -OCH3 is 2. The zero-order chi connectivity index (χ0) is 22.1. The van der Waals surface area contributed by atoms with Crippen LogP contribution in [0.4, 0.5) is 0 Å². The van der Waals surface area contributed by atoms with E-state index in [0.717, 1.165) is 17.0 Å². The summed E-state index contributed by atoms with van der Waals surface area (Å²) >= 11 is 0. The molecular formula is C21H29N3O5S. The molecule has 2 aromatic rings.